The highest BCUT2D eigenvalue weighted by molar-refractivity contribution is 7.91. The molecule has 5 aliphatic rings. The standard InChI is InChI=1S/C38H48N4O3S/c43-46(44,36-13-17-39-18-14-36)35-11-9-34(10-12-35)42-23-29(24-42)21-40-19-15-33(16-20-40)38(32-6-2-3-7-32)28-41(22-30-26-45-27-30)25-31-5-1-4-8-37(31)38/h1,4-5,8-14,17-18,29-30,32-33H,2-3,6-7,15-16,19-28H2. The van der Waals surface area contributed by atoms with Gasteiger partial charge in [-0.3, -0.25) is 9.88 Å². The van der Waals surface area contributed by atoms with Gasteiger partial charge in [-0.2, -0.15) is 0 Å². The van der Waals surface area contributed by atoms with E-state index in [1.807, 2.05) is 12.1 Å². The summed E-state index contributed by atoms with van der Waals surface area (Å²) in [6, 6.07) is 20.0. The second-order valence-corrected chi connectivity index (χ2v) is 16.7. The predicted molar refractivity (Wildman–Crippen MR) is 181 cm³/mol. The molecular weight excluding hydrogens is 593 g/mol. The number of hydrogen-bond donors (Lipinski definition) is 0. The second kappa shape index (κ2) is 12.7. The number of nitrogens with zero attached hydrogens (tertiary/aromatic N) is 4. The topological polar surface area (TPSA) is 66.0 Å². The Labute approximate surface area is 274 Å². The number of aromatic nitrogens is 1. The minimum Gasteiger partial charge on any atom is -0.381 e. The summed E-state index contributed by atoms with van der Waals surface area (Å²) in [7, 11) is -3.52. The SMILES string of the molecule is O=S(=O)(c1ccncc1)c1ccc(N2CC(CN3CCC(C4(C5CCCC5)CN(CC5COC5)Cc5ccccc54)CC3)C2)cc1. The largest absolute Gasteiger partial charge is 0.381 e. The maximum Gasteiger partial charge on any atom is 0.206 e. The zero-order valence-electron chi connectivity index (χ0n) is 27.0. The smallest absolute Gasteiger partial charge is 0.206 e. The van der Waals surface area contributed by atoms with Gasteiger partial charge in [-0.1, -0.05) is 37.1 Å². The molecule has 0 spiro atoms. The minimum atomic E-state index is -3.52. The maximum atomic E-state index is 13.0. The molecule has 4 aliphatic heterocycles. The molecule has 5 heterocycles. The molecule has 8 rings (SSSR count). The molecule has 2 aromatic carbocycles. The van der Waals surface area contributed by atoms with E-state index in [1.165, 1.54) is 83.6 Å². The van der Waals surface area contributed by atoms with Crippen LogP contribution in [-0.2, 0) is 26.5 Å². The van der Waals surface area contributed by atoms with Crippen molar-refractivity contribution in [2.45, 2.75) is 60.3 Å². The van der Waals surface area contributed by atoms with Crippen LogP contribution in [0.5, 0.6) is 0 Å². The van der Waals surface area contributed by atoms with Crippen molar-refractivity contribution in [3.05, 3.63) is 84.2 Å². The number of sulfone groups is 1. The van der Waals surface area contributed by atoms with Gasteiger partial charge in [0.25, 0.3) is 0 Å². The Bertz CT molecular complexity index is 1590. The second-order valence-electron chi connectivity index (χ2n) is 14.8. The van der Waals surface area contributed by atoms with E-state index < -0.39 is 9.84 Å². The summed E-state index contributed by atoms with van der Waals surface area (Å²) in [4.78, 5) is 12.5. The van der Waals surface area contributed by atoms with Crippen molar-refractivity contribution in [3.8, 4) is 0 Å². The van der Waals surface area contributed by atoms with E-state index in [0.717, 1.165) is 50.4 Å². The first-order chi connectivity index (χ1) is 22.5. The van der Waals surface area contributed by atoms with Crippen LogP contribution in [0.4, 0.5) is 5.69 Å². The molecule has 8 heteroatoms. The molecule has 3 aromatic rings. The highest BCUT2D eigenvalue weighted by atomic mass is 32.2. The molecule has 46 heavy (non-hydrogen) atoms. The van der Waals surface area contributed by atoms with Crippen LogP contribution in [0, 0.1) is 23.7 Å². The molecule has 1 aliphatic carbocycles. The normalized spacial score (nSPS) is 25.7. The number of pyridine rings is 1. The Kier molecular flexibility index (Phi) is 8.42. The summed E-state index contributed by atoms with van der Waals surface area (Å²) < 4.78 is 31.5. The Morgan fingerprint density at radius 2 is 1.41 bits per heavy atom. The summed E-state index contributed by atoms with van der Waals surface area (Å²) in [6.45, 7) is 11.0. The number of likely N-dealkylation sites (tertiary alicyclic amines) is 1. The van der Waals surface area contributed by atoms with Crippen molar-refractivity contribution >= 4 is 15.5 Å². The lowest BCUT2D eigenvalue weighted by Crippen LogP contribution is -2.58. The molecular formula is C38H48N4O3S. The van der Waals surface area contributed by atoms with Crippen LogP contribution in [0.15, 0.2) is 82.8 Å². The Balaban J connectivity index is 0.901. The van der Waals surface area contributed by atoms with Crippen molar-refractivity contribution in [3.63, 3.8) is 0 Å². The van der Waals surface area contributed by atoms with Gasteiger partial charge in [-0.25, -0.2) is 8.42 Å². The molecule has 0 radical (unpaired) electrons. The number of hydrogen-bond acceptors (Lipinski definition) is 7. The number of fused-ring (bicyclic) bond motifs is 1. The Hall–Kier alpha value is -2.78. The number of ether oxygens (including phenoxy) is 1. The average Bonchev–Trinajstić information content (AvgIpc) is 3.61. The quantitative estimate of drug-likeness (QED) is 0.300. The summed E-state index contributed by atoms with van der Waals surface area (Å²) in [5, 5.41) is 0. The molecule has 0 bridgehead atoms. The van der Waals surface area contributed by atoms with E-state index in [0.29, 0.717) is 16.7 Å². The number of rotatable bonds is 9. The van der Waals surface area contributed by atoms with Gasteiger partial charge in [-0.05, 0) is 98.1 Å². The first kappa shape index (κ1) is 30.5. The van der Waals surface area contributed by atoms with Crippen LogP contribution in [-0.4, -0.2) is 82.2 Å². The van der Waals surface area contributed by atoms with Crippen molar-refractivity contribution in [2.24, 2.45) is 23.7 Å². The van der Waals surface area contributed by atoms with E-state index in [4.69, 9.17) is 4.74 Å². The third-order valence-corrected chi connectivity index (χ3v) is 13.8. The summed E-state index contributed by atoms with van der Waals surface area (Å²) in [6.07, 6.45) is 11.2. The van der Waals surface area contributed by atoms with Crippen molar-refractivity contribution < 1.29 is 13.2 Å². The molecule has 0 amide bonds. The van der Waals surface area contributed by atoms with Crippen LogP contribution in [0.25, 0.3) is 0 Å². The van der Waals surface area contributed by atoms with Crippen molar-refractivity contribution in [2.75, 3.05) is 63.9 Å². The van der Waals surface area contributed by atoms with Gasteiger partial charge in [0.2, 0.25) is 9.84 Å². The lowest BCUT2D eigenvalue weighted by molar-refractivity contribution is -0.0576. The molecule has 1 unspecified atom stereocenters. The van der Waals surface area contributed by atoms with Gasteiger partial charge in [0.05, 0.1) is 23.0 Å². The first-order valence-electron chi connectivity index (χ1n) is 17.6. The van der Waals surface area contributed by atoms with Crippen LogP contribution >= 0.6 is 0 Å². The molecule has 244 valence electrons. The molecule has 3 saturated heterocycles. The maximum absolute atomic E-state index is 13.0. The van der Waals surface area contributed by atoms with Gasteiger partial charge >= 0.3 is 0 Å². The predicted octanol–water partition coefficient (Wildman–Crippen LogP) is 5.65. The van der Waals surface area contributed by atoms with Crippen molar-refractivity contribution in [1.82, 2.24) is 14.8 Å². The molecule has 1 saturated carbocycles. The molecule has 0 N–H and O–H groups in total. The van der Waals surface area contributed by atoms with Crippen LogP contribution < -0.4 is 4.90 Å². The van der Waals surface area contributed by atoms with Gasteiger partial charge < -0.3 is 14.5 Å². The summed E-state index contributed by atoms with van der Waals surface area (Å²) >= 11 is 0. The van der Waals surface area contributed by atoms with Gasteiger partial charge in [-0.15, -0.1) is 0 Å². The van der Waals surface area contributed by atoms with E-state index >= 15 is 0 Å². The lowest BCUT2D eigenvalue weighted by atomic mass is 9.57. The lowest BCUT2D eigenvalue weighted by Gasteiger charge is -2.55. The van der Waals surface area contributed by atoms with Crippen LogP contribution in [0.3, 0.4) is 0 Å². The summed E-state index contributed by atoms with van der Waals surface area (Å²) in [5.74, 6) is 2.91. The molecule has 1 atom stereocenters. The van der Waals surface area contributed by atoms with Gasteiger partial charge in [0.15, 0.2) is 0 Å². The van der Waals surface area contributed by atoms with Crippen molar-refractivity contribution in [1.29, 1.82) is 0 Å². The van der Waals surface area contributed by atoms with E-state index in [1.54, 1.807) is 35.4 Å². The Morgan fingerprint density at radius 3 is 2.11 bits per heavy atom. The first-order valence-corrected chi connectivity index (χ1v) is 19.1. The van der Waals surface area contributed by atoms with E-state index in [-0.39, 0.29) is 10.3 Å². The fourth-order valence-electron chi connectivity index (χ4n) is 9.60. The number of anilines is 1. The van der Waals surface area contributed by atoms with E-state index in [9.17, 15) is 8.42 Å². The highest BCUT2D eigenvalue weighted by Gasteiger charge is 2.51. The monoisotopic (exact) mass is 640 g/mol. The van der Waals surface area contributed by atoms with E-state index in [2.05, 4.69) is 43.9 Å². The molecule has 4 fully saturated rings. The molecule has 7 nitrogen and oxygen atoms in total. The fraction of sp³-hybridized carbons (Fsp3) is 0.553. The average molecular weight is 641 g/mol. The van der Waals surface area contributed by atoms with Crippen LogP contribution in [0.2, 0.25) is 0 Å². The number of piperidine rings is 1. The third kappa shape index (κ3) is 5.69. The zero-order valence-corrected chi connectivity index (χ0v) is 27.8. The number of benzene rings is 2. The summed E-state index contributed by atoms with van der Waals surface area (Å²) in [5.41, 5.74) is 4.67. The third-order valence-electron chi connectivity index (χ3n) is 12.0. The fourth-order valence-corrected chi connectivity index (χ4v) is 10.8. The van der Waals surface area contributed by atoms with Gasteiger partial charge in [0.1, 0.15) is 0 Å². The Morgan fingerprint density at radius 1 is 0.761 bits per heavy atom. The van der Waals surface area contributed by atoms with Crippen LogP contribution in [0.1, 0.15) is 49.7 Å². The highest BCUT2D eigenvalue weighted by Crippen LogP contribution is 2.53. The minimum absolute atomic E-state index is 0.283. The zero-order chi connectivity index (χ0) is 31.1. The molecule has 1 aromatic heterocycles. The van der Waals surface area contributed by atoms with Gasteiger partial charge in [0, 0.05) is 74.6 Å².